The minimum absolute atomic E-state index is 0.0980. The maximum Gasteiger partial charge on any atom is 0.132 e. The number of allylic oxidation sites excluding steroid dienone is 4. The van der Waals surface area contributed by atoms with Crippen molar-refractivity contribution in [2.75, 3.05) is 4.90 Å². The molecule has 3 aliphatic carbocycles. The Kier molecular flexibility index (Phi) is 7.11. The van der Waals surface area contributed by atoms with E-state index in [0.717, 1.165) is 22.9 Å². The molecule has 5 aliphatic rings. The monoisotopic (exact) mass is 759 g/mol. The van der Waals surface area contributed by atoms with Gasteiger partial charge < -0.3 is 9.64 Å². The largest absolute Gasteiger partial charge is 0.457 e. The molecule has 0 radical (unpaired) electrons. The Morgan fingerprint density at radius 1 is 0.458 bits per heavy atom. The van der Waals surface area contributed by atoms with E-state index in [0.29, 0.717) is 0 Å². The lowest BCUT2D eigenvalue weighted by molar-refractivity contribution is 0.421. The Morgan fingerprint density at radius 3 is 1.71 bits per heavy atom. The molecule has 2 heteroatoms. The van der Waals surface area contributed by atoms with Gasteiger partial charge in [0.25, 0.3) is 0 Å². The zero-order chi connectivity index (χ0) is 39.7. The number of nitrogens with zero attached hydrogens (tertiary/aromatic N) is 1. The molecule has 1 spiro atoms. The second kappa shape index (κ2) is 12.2. The molecule has 5 unspecified atom stereocenters. The molecule has 4 bridgehead atoms. The zero-order valence-corrected chi connectivity index (χ0v) is 33.9. The molecule has 0 N–H and O–H groups in total. The van der Waals surface area contributed by atoms with Gasteiger partial charge in [0.05, 0.1) is 11.0 Å². The number of hydrogen-bond donors (Lipinski definition) is 0. The number of benzene rings is 7. The second-order valence-corrected chi connectivity index (χ2v) is 17.5. The van der Waals surface area contributed by atoms with Gasteiger partial charge in [0.1, 0.15) is 11.5 Å². The molecular formula is C57H45NO. The van der Waals surface area contributed by atoms with Crippen LogP contribution in [0.5, 0.6) is 11.5 Å². The first-order valence-corrected chi connectivity index (χ1v) is 21.2. The molecule has 7 aromatic rings. The fourth-order valence-corrected chi connectivity index (χ4v) is 12.2. The fraction of sp³-hybridized carbons (Fsp3) is 0.158. The predicted octanol–water partition coefficient (Wildman–Crippen LogP) is 14.2. The summed E-state index contributed by atoms with van der Waals surface area (Å²) >= 11 is 0. The molecule has 2 heterocycles. The zero-order valence-electron chi connectivity index (χ0n) is 33.9. The molecule has 12 rings (SSSR count). The van der Waals surface area contributed by atoms with Crippen molar-refractivity contribution in [2.24, 2.45) is 11.8 Å². The van der Waals surface area contributed by atoms with Crippen LogP contribution in [0.4, 0.5) is 11.4 Å². The van der Waals surface area contributed by atoms with Gasteiger partial charge in [0.2, 0.25) is 0 Å². The summed E-state index contributed by atoms with van der Waals surface area (Å²) in [5.74, 6) is 2.11. The summed E-state index contributed by atoms with van der Waals surface area (Å²) in [5.41, 5.74) is 18.4. The van der Waals surface area contributed by atoms with E-state index in [1.54, 1.807) is 0 Å². The van der Waals surface area contributed by atoms with Gasteiger partial charge in [0.15, 0.2) is 0 Å². The quantitative estimate of drug-likeness (QED) is 0.166. The first kappa shape index (κ1) is 34.4. The first-order valence-electron chi connectivity index (χ1n) is 21.2. The average molecular weight is 760 g/mol. The van der Waals surface area contributed by atoms with E-state index in [1.807, 2.05) is 0 Å². The van der Waals surface area contributed by atoms with Crippen molar-refractivity contribution >= 4 is 16.9 Å². The van der Waals surface area contributed by atoms with Crippen molar-refractivity contribution in [3.05, 3.63) is 233 Å². The van der Waals surface area contributed by atoms with Crippen LogP contribution < -0.4 is 9.64 Å². The van der Waals surface area contributed by atoms with Gasteiger partial charge in [0, 0.05) is 39.8 Å². The van der Waals surface area contributed by atoms with Crippen LogP contribution in [0.2, 0.25) is 0 Å². The lowest BCUT2D eigenvalue weighted by Crippen LogP contribution is -2.52. The summed E-state index contributed by atoms with van der Waals surface area (Å²) in [5, 5.41) is 0. The maximum absolute atomic E-state index is 6.92. The summed E-state index contributed by atoms with van der Waals surface area (Å²) in [6.07, 6.45) is 5.09. The lowest BCUT2D eigenvalue weighted by Gasteiger charge is -2.54. The molecule has 2 aliphatic heterocycles. The molecule has 0 saturated heterocycles. The third-order valence-electron chi connectivity index (χ3n) is 14.6. The normalized spacial score (nSPS) is 25.4. The number of rotatable bonds is 4. The molecule has 7 aromatic carbocycles. The van der Waals surface area contributed by atoms with Crippen molar-refractivity contribution in [3.8, 4) is 33.8 Å². The van der Waals surface area contributed by atoms with Gasteiger partial charge in [-0.2, -0.15) is 0 Å². The van der Waals surface area contributed by atoms with Crippen molar-refractivity contribution in [3.63, 3.8) is 0 Å². The molecule has 0 amide bonds. The Morgan fingerprint density at radius 2 is 1.02 bits per heavy atom. The highest BCUT2D eigenvalue weighted by molar-refractivity contribution is 5.94. The topological polar surface area (TPSA) is 12.5 Å². The van der Waals surface area contributed by atoms with Crippen LogP contribution >= 0.6 is 0 Å². The SMILES string of the molecule is CC1C2=C3C(C)C4=C1C(C)(c1ccc(-c5ccccc5)cc1)C=CC4(C)N(c1ccc(-c4ccccc4)cc1)c1ccc4c(c1)C3(c1ccccc1O4)c1ccccc12. The standard InChI is InChI=1S/C57H45NO/c1-36-51-45-19-11-12-20-46(45)57-47-21-13-14-22-49(47)59-50-32-31-44(35-48(50)57)58(43-29-25-41(26-30-43)39-17-9-6-10-18-39)56(4)34-33-55(3,53(36)54(56)37(2)52(51)57)42-27-23-40(24-28-42)38-15-7-5-8-16-38/h5-37H,1-4H3. The van der Waals surface area contributed by atoms with Gasteiger partial charge in [-0.15, -0.1) is 0 Å². The van der Waals surface area contributed by atoms with Gasteiger partial charge in [-0.3, -0.25) is 0 Å². The minimum Gasteiger partial charge on any atom is -0.457 e. The van der Waals surface area contributed by atoms with Gasteiger partial charge in [-0.25, -0.2) is 0 Å². The average Bonchev–Trinajstić information content (AvgIpc) is 3.60. The first-order chi connectivity index (χ1) is 28.8. The number of para-hydroxylation sites is 1. The lowest BCUT2D eigenvalue weighted by atomic mass is 9.53. The van der Waals surface area contributed by atoms with E-state index in [-0.39, 0.29) is 17.3 Å². The van der Waals surface area contributed by atoms with Crippen molar-refractivity contribution < 1.29 is 4.74 Å². The van der Waals surface area contributed by atoms with E-state index in [2.05, 4.69) is 221 Å². The fourth-order valence-electron chi connectivity index (χ4n) is 12.2. The third kappa shape index (κ3) is 4.47. The molecule has 0 saturated carbocycles. The van der Waals surface area contributed by atoms with Crippen LogP contribution in [0, 0.1) is 11.8 Å². The van der Waals surface area contributed by atoms with Gasteiger partial charge >= 0.3 is 0 Å². The highest BCUT2D eigenvalue weighted by Gasteiger charge is 2.61. The maximum atomic E-state index is 6.92. The van der Waals surface area contributed by atoms with E-state index in [4.69, 9.17) is 4.74 Å². The second-order valence-electron chi connectivity index (χ2n) is 17.5. The van der Waals surface area contributed by atoms with Crippen LogP contribution in [-0.4, -0.2) is 5.54 Å². The smallest absolute Gasteiger partial charge is 0.132 e. The summed E-state index contributed by atoms with van der Waals surface area (Å²) in [7, 11) is 0. The molecule has 2 nitrogen and oxygen atoms in total. The summed E-state index contributed by atoms with van der Waals surface area (Å²) < 4.78 is 6.92. The Hall–Kier alpha value is -6.64. The predicted molar refractivity (Wildman–Crippen MR) is 242 cm³/mol. The summed E-state index contributed by atoms with van der Waals surface area (Å²) in [4.78, 5) is 2.63. The highest BCUT2D eigenvalue weighted by Crippen LogP contribution is 2.70. The molecular weight excluding hydrogens is 715 g/mol. The number of ether oxygens (including phenoxy) is 1. The van der Waals surface area contributed by atoms with E-state index in [9.17, 15) is 0 Å². The van der Waals surface area contributed by atoms with Crippen LogP contribution in [0.3, 0.4) is 0 Å². The van der Waals surface area contributed by atoms with E-state index < -0.39 is 11.0 Å². The van der Waals surface area contributed by atoms with Crippen molar-refractivity contribution in [2.45, 2.75) is 44.1 Å². The van der Waals surface area contributed by atoms with Crippen molar-refractivity contribution in [1.29, 1.82) is 0 Å². The molecule has 59 heavy (non-hydrogen) atoms. The Bertz CT molecular complexity index is 2960. The highest BCUT2D eigenvalue weighted by atomic mass is 16.5. The number of fused-ring (bicyclic) bond motifs is 4. The summed E-state index contributed by atoms with van der Waals surface area (Å²) in [6, 6.07) is 65.2. The third-order valence-corrected chi connectivity index (χ3v) is 14.6. The van der Waals surface area contributed by atoms with Crippen molar-refractivity contribution in [1.82, 2.24) is 0 Å². The summed E-state index contributed by atoms with van der Waals surface area (Å²) in [6.45, 7) is 9.97. The number of anilines is 2. The van der Waals surface area contributed by atoms with Crippen LogP contribution in [0.15, 0.2) is 205 Å². The minimum atomic E-state index is -0.513. The van der Waals surface area contributed by atoms with E-state index in [1.165, 1.54) is 72.4 Å². The Balaban J connectivity index is 1.16. The molecule has 284 valence electrons. The molecule has 0 aromatic heterocycles. The Labute approximate surface area is 347 Å². The van der Waals surface area contributed by atoms with Crippen LogP contribution in [-0.2, 0) is 10.8 Å². The van der Waals surface area contributed by atoms with E-state index >= 15 is 0 Å². The van der Waals surface area contributed by atoms with Crippen LogP contribution in [0.1, 0.15) is 55.5 Å². The number of hydrogen-bond acceptors (Lipinski definition) is 2. The molecule has 0 fully saturated rings. The van der Waals surface area contributed by atoms with Gasteiger partial charge in [-0.05, 0) is 111 Å². The molecule has 5 atom stereocenters. The van der Waals surface area contributed by atoms with Gasteiger partial charge in [-0.1, -0.05) is 166 Å². The van der Waals surface area contributed by atoms with Crippen LogP contribution in [0.25, 0.3) is 27.8 Å².